The summed E-state index contributed by atoms with van der Waals surface area (Å²) in [6, 6.07) is 7.82. The zero-order valence-corrected chi connectivity index (χ0v) is 8.11. The van der Waals surface area contributed by atoms with Crippen LogP contribution in [0.2, 0.25) is 0 Å². The summed E-state index contributed by atoms with van der Waals surface area (Å²) in [5.74, 6) is 0. The molecule has 1 aromatic heterocycles. The summed E-state index contributed by atoms with van der Waals surface area (Å²) < 4.78 is 2.76. The molecule has 4 heteroatoms. The summed E-state index contributed by atoms with van der Waals surface area (Å²) in [6.07, 6.45) is 1.90. The first-order valence-electron chi connectivity index (χ1n) is 3.48. The van der Waals surface area contributed by atoms with E-state index in [2.05, 4.69) is 0 Å². The molecule has 2 nitrogen and oxygen atoms in total. The zero-order valence-electron chi connectivity index (χ0n) is 6.48. The van der Waals surface area contributed by atoms with E-state index in [4.69, 9.17) is 0 Å². The molecule has 0 saturated heterocycles. The smallest absolute Gasteiger partial charge is 0.256 e. The lowest BCUT2D eigenvalue weighted by Gasteiger charge is -1.94. The molecular weight excluding hydrogens is 190 g/mol. The van der Waals surface area contributed by atoms with Crippen LogP contribution >= 0.6 is 23.3 Å². The van der Waals surface area contributed by atoms with E-state index >= 15 is 0 Å². The van der Waals surface area contributed by atoms with Gasteiger partial charge in [-0.1, -0.05) is 23.5 Å². The maximum absolute atomic E-state index is 11.3. The number of rotatable bonds is 1. The Labute approximate surface area is 78.0 Å². The van der Waals surface area contributed by atoms with E-state index in [1.165, 1.54) is 23.3 Å². The van der Waals surface area contributed by atoms with Crippen LogP contribution in [-0.4, -0.2) is 10.2 Å². The van der Waals surface area contributed by atoms with Gasteiger partial charge in [0.1, 0.15) is 0 Å². The van der Waals surface area contributed by atoms with Gasteiger partial charge < -0.3 is 0 Å². The van der Waals surface area contributed by atoms with Crippen LogP contribution in [0.1, 0.15) is 0 Å². The SMILES string of the molecule is CSn1c(=O)sc2ccccc21. The second-order valence-corrected chi connectivity index (χ2v) is 4.04. The molecule has 62 valence electrons. The standard InChI is InChI=1S/C8H7NOS2/c1-11-9-6-4-2-3-5-7(6)12-8(9)10/h2-5H,1H3. The van der Waals surface area contributed by atoms with Crippen LogP contribution in [-0.2, 0) is 0 Å². The molecule has 0 unspecified atom stereocenters. The summed E-state index contributed by atoms with van der Waals surface area (Å²) in [5, 5.41) is 0. The van der Waals surface area contributed by atoms with Gasteiger partial charge in [-0.2, -0.15) is 0 Å². The molecule has 2 aromatic rings. The van der Waals surface area contributed by atoms with Gasteiger partial charge in [-0.05, 0) is 24.1 Å². The molecule has 0 saturated carbocycles. The first-order valence-corrected chi connectivity index (χ1v) is 5.48. The molecule has 0 aliphatic rings. The Hall–Kier alpha value is -0.740. The predicted octanol–water partition coefficient (Wildman–Crippen LogP) is 2.19. The Kier molecular flexibility index (Phi) is 1.94. The van der Waals surface area contributed by atoms with E-state index in [1.54, 1.807) is 3.97 Å². The Morgan fingerprint density at radius 3 is 2.92 bits per heavy atom. The molecule has 0 amide bonds. The van der Waals surface area contributed by atoms with Gasteiger partial charge in [-0.3, -0.25) is 4.79 Å². The summed E-state index contributed by atoms with van der Waals surface area (Å²) in [7, 11) is 0. The highest BCUT2D eigenvalue weighted by molar-refractivity contribution is 7.97. The minimum atomic E-state index is 0.101. The van der Waals surface area contributed by atoms with Crippen LogP contribution in [0.4, 0.5) is 0 Å². The number of para-hydroxylation sites is 1. The highest BCUT2D eigenvalue weighted by atomic mass is 32.2. The van der Waals surface area contributed by atoms with Gasteiger partial charge in [0.2, 0.25) is 0 Å². The third-order valence-electron chi connectivity index (χ3n) is 1.63. The van der Waals surface area contributed by atoms with Gasteiger partial charge >= 0.3 is 4.87 Å². The number of benzene rings is 1. The number of hydrogen-bond acceptors (Lipinski definition) is 3. The largest absolute Gasteiger partial charge is 0.318 e. The van der Waals surface area contributed by atoms with Crippen LogP contribution in [0.5, 0.6) is 0 Å². The molecule has 0 fully saturated rings. The van der Waals surface area contributed by atoms with Crippen LogP contribution in [0.15, 0.2) is 29.1 Å². The quantitative estimate of drug-likeness (QED) is 0.699. The lowest BCUT2D eigenvalue weighted by molar-refractivity contribution is 1.30. The molecule has 2 rings (SSSR count). The van der Waals surface area contributed by atoms with E-state index in [0.29, 0.717) is 0 Å². The van der Waals surface area contributed by atoms with Crippen molar-refractivity contribution in [3.05, 3.63) is 33.9 Å². The molecule has 12 heavy (non-hydrogen) atoms. The van der Waals surface area contributed by atoms with Crippen molar-refractivity contribution < 1.29 is 0 Å². The van der Waals surface area contributed by atoms with Crippen molar-refractivity contribution in [1.82, 2.24) is 3.97 Å². The van der Waals surface area contributed by atoms with Gasteiger partial charge in [0.25, 0.3) is 0 Å². The van der Waals surface area contributed by atoms with Gasteiger partial charge in [-0.25, -0.2) is 3.97 Å². The molecule has 1 aromatic carbocycles. The Bertz CT molecular complexity index is 457. The number of hydrogen-bond donors (Lipinski definition) is 0. The summed E-state index contributed by atoms with van der Waals surface area (Å²) in [6.45, 7) is 0. The van der Waals surface area contributed by atoms with Crippen molar-refractivity contribution in [3.8, 4) is 0 Å². The molecular formula is C8H7NOS2. The van der Waals surface area contributed by atoms with E-state index in [0.717, 1.165) is 10.2 Å². The van der Waals surface area contributed by atoms with Gasteiger partial charge in [0.15, 0.2) is 0 Å². The van der Waals surface area contributed by atoms with Crippen molar-refractivity contribution in [2.75, 3.05) is 6.26 Å². The van der Waals surface area contributed by atoms with Crippen molar-refractivity contribution in [1.29, 1.82) is 0 Å². The molecule has 0 radical (unpaired) electrons. The first kappa shape index (κ1) is 7.89. The normalized spacial score (nSPS) is 10.8. The minimum absolute atomic E-state index is 0.101. The predicted molar refractivity (Wildman–Crippen MR) is 55.0 cm³/mol. The zero-order chi connectivity index (χ0) is 8.55. The fourth-order valence-electron chi connectivity index (χ4n) is 1.12. The van der Waals surface area contributed by atoms with Crippen LogP contribution in [0.3, 0.4) is 0 Å². The van der Waals surface area contributed by atoms with E-state index < -0.39 is 0 Å². The molecule has 0 bridgehead atoms. The van der Waals surface area contributed by atoms with Crippen LogP contribution < -0.4 is 4.87 Å². The molecule has 0 aliphatic carbocycles. The lowest BCUT2D eigenvalue weighted by Crippen LogP contribution is -2.03. The molecule has 1 heterocycles. The summed E-state index contributed by atoms with van der Waals surface area (Å²) >= 11 is 2.74. The highest BCUT2D eigenvalue weighted by Crippen LogP contribution is 2.18. The second-order valence-electron chi connectivity index (χ2n) is 2.31. The van der Waals surface area contributed by atoms with Crippen molar-refractivity contribution >= 4 is 33.5 Å². The fraction of sp³-hybridized carbons (Fsp3) is 0.125. The van der Waals surface area contributed by atoms with Gasteiger partial charge in [-0.15, -0.1) is 0 Å². The van der Waals surface area contributed by atoms with Crippen molar-refractivity contribution in [3.63, 3.8) is 0 Å². The lowest BCUT2D eigenvalue weighted by atomic mass is 10.3. The molecule has 0 N–H and O–H groups in total. The number of nitrogens with zero attached hydrogens (tertiary/aromatic N) is 1. The summed E-state index contributed by atoms with van der Waals surface area (Å²) in [5.41, 5.74) is 1.01. The van der Waals surface area contributed by atoms with Crippen molar-refractivity contribution in [2.24, 2.45) is 0 Å². The Morgan fingerprint density at radius 1 is 1.42 bits per heavy atom. The summed E-state index contributed by atoms with van der Waals surface area (Å²) in [4.78, 5) is 11.4. The third-order valence-corrected chi connectivity index (χ3v) is 3.40. The number of thiazole rings is 1. The maximum atomic E-state index is 11.3. The topological polar surface area (TPSA) is 22.0 Å². The monoisotopic (exact) mass is 197 g/mol. The fourth-order valence-corrected chi connectivity index (χ4v) is 2.80. The second kappa shape index (κ2) is 2.95. The highest BCUT2D eigenvalue weighted by Gasteiger charge is 2.03. The van der Waals surface area contributed by atoms with Gasteiger partial charge in [0, 0.05) is 6.26 Å². The first-order chi connectivity index (χ1) is 5.83. The van der Waals surface area contributed by atoms with E-state index in [1.807, 2.05) is 30.5 Å². The maximum Gasteiger partial charge on any atom is 0.318 e. The third kappa shape index (κ3) is 1.07. The Balaban J connectivity index is 2.91. The molecule has 0 aliphatic heterocycles. The van der Waals surface area contributed by atoms with E-state index in [9.17, 15) is 4.79 Å². The molecule has 0 atom stereocenters. The average Bonchev–Trinajstić information content (AvgIpc) is 2.40. The number of fused-ring (bicyclic) bond motifs is 1. The molecule has 0 spiro atoms. The van der Waals surface area contributed by atoms with Crippen molar-refractivity contribution in [2.45, 2.75) is 0 Å². The Morgan fingerprint density at radius 2 is 2.17 bits per heavy atom. The van der Waals surface area contributed by atoms with Gasteiger partial charge in [0.05, 0.1) is 10.2 Å². The minimum Gasteiger partial charge on any atom is -0.256 e. The van der Waals surface area contributed by atoms with Crippen LogP contribution in [0.25, 0.3) is 10.2 Å². The van der Waals surface area contributed by atoms with E-state index in [-0.39, 0.29) is 4.87 Å². The average molecular weight is 197 g/mol. The van der Waals surface area contributed by atoms with Crippen LogP contribution in [0, 0.1) is 0 Å². The number of aromatic nitrogens is 1.